The molecule has 2 radical (unpaired) electrons. The summed E-state index contributed by atoms with van der Waals surface area (Å²) >= 11 is 0. The van der Waals surface area contributed by atoms with Crippen molar-refractivity contribution in [1.29, 1.82) is 5.26 Å². The van der Waals surface area contributed by atoms with E-state index in [4.69, 9.17) is 7.85 Å². The molecule has 2 aromatic carbocycles. The largest absolute Gasteiger partial charge is 0.507 e. The first-order valence-corrected chi connectivity index (χ1v) is 9.49. The van der Waals surface area contributed by atoms with E-state index >= 15 is 0 Å². The maximum atomic E-state index is 12.6. The van der Waals surface area contributed by atoms with E-state index in [0.29, 0.717) is 16.7 Å². The Hall–Kier alpha value is -3.00. The number of anilines is 1. The highest BCUT2D eigenvalue weighted by Gasteiger charge is 2.26. The number of phenols is 1. The van der Waals surface area contributed by atoms with Crippen molar-refractivity contribution in [1.82, 2.24) is 0 Å². The Balaban J connectivity index is 2.50. The fraction of sp³-hybridized carbons (Fsp3) is 0.333. The normalized spacial score (nSPS) is 12.4. The molecule has 0 bridgehead atoms. The van der Waals surface area contributed by atoms with Gasteiger partial charge in [-0.1, -0.05) is 59.1 Å². The average Bonchev–Trinajstić information content (AvgIpc) is 2.60. The van der Waals surface area contributed by atoms with Crippen molar-refractivity contribution < 1.29 is 9.90 Å². The summed E-state index contributed by atoms with van der Waals surface area (Å²) in [6.45, 7) is 12.1. The molecule has 0 spiro atoms. The molecule has 0 saturated carbocycles. The number of benzene rings is 2. The van der Waals surface area contributed by atoms with Gasteiger partial charge in [-0.05, 0) is 46.7 Å². The first-order valence-electron chi connectivity index (χ1n) is 9.49. The van der Waals surface area contributed by atoms with Crippen LogP contribution in [0.4, 0.5) is 5.69 Å². The number of amides is 1. The van der Waals surface area contributed by atoms with Gasteiger partial charge in [-0.15, -0.1) is 0 Å². The number of phenolic OH excluding ortho intramolecular Hbond substituents is 1. The third-order valence-electron chi connectivity index (χ3n) is 4.59. The fourth-order valence-electron chi connectivity index (χ4n) is 2.96. The lowest BCUT2D eigenvalue weighted by molar-refractivity contribution is -0.112. The molecular weight excluding hydrogens is 359 g/mol. The Labute approximate surface area is 174 Å². The van der Waals surface area contributed by atoms with Gasteiger partial charge < -0.3 is 10.4 Å². The van der Waals surface area contributed by atoms with Crippen LogP contribution in [-0.2, 0) is 15.6 Å². The number of nitrogens with zero attached hydrogens (tertiary/aromatic N) is 1. The molecule has 0 heterocycles. The number of nitriles is 1. The van der Waals surface area contributed by atoms with Crippen molar-refractivity contribution in [3.8, 4) is 11.8 Å². The number of rotatable bonds is 3. The van der Waals surface area contributed by atoms with Gasteiger partial charge in [0.1, 0.15) is 25.2 Å². The average molecular weight is 386 g/mol. The van der Waals surface area contributed by atoms with Crippen LogP contribution in [0.15, 0.2) is 42.0 Å². The molecule has 0 unspecified atom stereocenters. The quantitative estimate of drug-likeness (QED) is 0.469. The molecular formula is C24H27BN2O2. The molecule has 0 aliphatic carbocycles. The molecule has 29 heavy (non-hydrogen) atoms. The highest BCUT2D eigenvalue weighted by atomic mass is 16.3. The van der Waals surface area contributed by atoms with Crippen LogP contribution < -0.4 is 10.8 Å². The smallest absolute Gasteiger partial charge is 0.266 e. The summed E-state index contributed by atoms with van der Waals surface area (Å²) in [6.07, 6.45) is 1.55. The van der Waals surface area contributed by atoms with Crippen LogP contribution in [-0.4, -0.2) is 18.9 Å². The maximum absolute atomic E-state index is 12.6. The number of hydrogen-bond acceptors (Lipinski definition) is 3. The summed E-state index contributed by atoms with van der Waals surface area (Å²) in [5.41, 5.74) is 2.77. The highest BCUT2D eigenvalue weighted by molar-refractivity contribution is 6.32. The molecule has 0 atom stereocenters. The minimum absolute atomic E-state index is 0.0211. The van der Waals surface area contributed by atoms with Gasteiger partial charge in [0.2, 0.25) is 0 Å². The lowest BCUT2D eigenvalue weighted by Crippen LogP contribution is -2.18. The van der Waals surface area contributed by atoms with Crippen molar-refractivity contribution in [3.05, 3.63) is 58.7 Å². The molecule has 0 aromatic heterocycles. The zero-order valence-corrected chi connectivity index (χ0v) is 17.9. The molecule has 5 heteroatoms. The summed E-state index contributed by atoms with van der Waals surface area (Å²) in [6, 6.07) is 12.4. The van der Waals surface area contributed by atoms with Crippen LogP contribution in [0.1, 0.15) is 58.2 Å². The third-order valence-corrected chi connectivity index (χ3v) is 4.59. The Bertz CT molecular complexity index is 951. The summed E-state index contributed by atoms with van der Waals surface area (Å²) in [4.78, 5) is 12.6. The Morgan fingerprint density at radius 1 is 1.03 bits per heavy atom. The Morgan fingerprint density at radius 3 is 1.93 bits per heavy atom. The molecule has 2 aromatic rings. The topological polar surface area (TPSA) is 73.1 Å². The van der Waals surface area contributed by atoms with E-state index < -0.39 is 5.91 Å². The van der Waals surface area contributed by atoms with Crippen LogP contribution in [0.3, 0.4) is 0 Å². The first kappa shape index (κ1) is 22.3. The first-order chi connectivity index (χ1) is 13.3. The zero-order valence-electron chi connectivity index (χ0n) is 17.9. The second-order valence-corrected chi connectivity index (χ2v) is 9.21. The second kappa shape index (κ2) is 8.17. The van der Waals surface area contributed by atoms with Crippen molar-refractivity contribution in [2.45, 2.75) is 52.4 Å². The fourth-order valence-corrected chi connectivity index (χ4v) is 2.96. The Kier molecular flexibility index (Phi) is 6.28. The van der Waals surface area contributed by atoms with Crippen molar-refractivity contribution in [2.24, 2.45) is 0 Å². The number of hydrogen-bond donors (Lipinski definition) is 2. The van der Waals surface area contributed by atoms with Crippen LogP contribution in [0.25, 0.3) is 6.08 Å². The van der Waals surface area contributed by atoms with Crippen LogP contribution in [0.2, 0.25) is 0 Å². The van der Waals surface area contributed by atoms with E-state index in [1.54, 1.807) is 30.3 Å². The van der Waals surface area contributed by atoms with Gasteiger partial charge in [0.25, 0.3) is 5.91 Å². The van der Waals surface area contributed by atoms with Gasteiger partial charge in [0.15, 0.2) is 0 Å². The molecule has 148 valence electrons. The van der Waals surface area contributed by atoms with Gasteiger partial charge in [-0.25, -0.2) is 0 Å². The van der Waals surface area contributed by atoms with Gasteiger partial charge in [-0.3, -0.25) is 4.79 Å². The Morgan fingerprint density at radius 2 is 1.52 bits per heavy atom. The number of carbonyl (C=O) groups excluding carboxylic acids is 1. The van der Waals surface area contributed by atoms with Crippen molar-refractivity contribution in [3.63, 3.8) is 0 Å². The van der Waals surface area contributed by atoms with E-state index in [0.717, 1.165) is 11.1 Å². The molecule has 2 N–H and O–H groups in total. The van der Waals surface area contributed by atoms with Crippen LogP contribution in [0, 0.1) is 11.3 Å². The molecule has 4 nitrogen and oxygen atoms in total. The lowest BCUT2D eigenvalue weighted by atomic mass is 9.78. The predicted octanol–water partition coefficient (Wildman–Crippen LogP) is 4.33. The number of carbonyl (C=O) groups is 1. The third kappa shape index (κ3) is 5.51. The lowest BCUT2D eigenvalue weighted by Gasteiger charge is -2.28. The molecule has 1 amide bonds. The monoisotopic (exact) mass is 386 g/mol. The van der Waals surface area contributed by atoms with E-state index in [9.17, 15) is 15.2 Å². The predicted molar refractivity (Wildman–Crippen MR) is 120 cm³/mol. The van der Waals surface area contributed by atoms with Gasteiger partial charge in [0.05, 0.1) is 0 Å². The number of aromatic hydroxyl groups is 1. The standard InChI is InChI=1S/C24H27BN2O2/c1-23(2,3)19-12-15(13-20(21(19)28)24(4,5)6)11-16(14-26)22(29)27-18-9-7-17(25)8-10-18/h7-13,28H,1-6H3,(H,27,29)/b16-11+. The van der Waals surface area contributed by atoms with Crippen LogP contribution >= 0.6 is 0 Å². The molecule has 0 fully saturated rings. The summed E-state index contributed by atoms with van der Waals surface area (Å²) in [5.74, 6) is -0.244. The molecule has 0 aliphatic rings. The van der Waals surface area contributed by atoms with Gasteiger partial charge in [-0.2, -0.15) is 5.26 Å². The molecule has 2 rings (SSSR count). The van der Waals surface area contributed by atoms with Gasteiger partial charge in [0, 0.05) is 16.8 Å². The van der Waals surface area contributed by atoms with E-state index in [1.165, 1.54) is 0 Å². The van der Waals surface area contributed by atoms with Crippen molar-refractivity contribution in [2.75, 3.05) is 5.32 Å². The van der Waals surface area contributed by atoms with E-state index in [-0.39, 0.29) is 22.2 Å². The minimum Gasteiger partial charge on any atom is -0.507 e. The van der Waals surface area contributed by atoms with Crippen LogP contribution in [0.5, 0.6) is 5.75 Å². The summed E-state index contributed by atoms with van der Waals surface area (Å²) < 4.78 is 0. The van der Waals surface area contributed by atoms with Crippen molar-refractivity contribution >= 4 is 31.0 Å². The van der Waals surface area contributed by atoms with E-state index in [2.05, 4.69) is 5.32 Å². The number of nitrogens with one attached hydrogen (secondary N) is 1. The SMILES string of the molecule is [B]c1ccc(NC(=O)/C(C#N)=C/c2cc(C(C)(C)C)c(O)c(C(C)(C)C)c2)cc1. The molecule has 0 aliphatic heterocycles. The highest BCUT2D eigenvalue weighted by Crippen LogP contribution is 2.40. The van der Waals surface area contributed by atoms with Gasteiger partial charge >= 0.3 is 0 Å². The maximum Gasteiger partial charge on any atom is 0.266 e. The zero-order chi connectivity index (χ0) is 22.0. The van der Waals surface area contributed by atoms with E-state index in [1.807, 2.05) is 59.7 Å². The molecule has 0 saturated heterocycles. The minimum atomic E-state index is -0.500. The summed E-state index contributed by atoms with van der Waals surface area (Å²) in [7, 11) is 5.66. The summed E-state index contributed by atoms with van der Waals surface area (Å²) in [5, 5.41) is 23.1. The second-order valence-electron chi connectivity index (χ2n) is 9.21.